The fraction of sp³-hybridized carbons (Fsp3) is 0.214. The lowest BCUT2D eigenvalue weighted by molar-refractivity contribution is -0.136. The van der Waals surface area contributed by atoms with E-state index in [0.717, 1.165) is 4.90 Å². The molecule has 0 aliphatic carbocycles. The second-order valence-corrected chi connectivity index (χ2v) is 4.90. The van der Waals surface area contributed by atoms with Gasteiger partial charge in [0, 0.05) is 6.42 Å². The van der Waals surface area contributed by atoms with Crippen LogP contribution < -0.4 is 10.6 Å². The summed E-state index contributed by atoms with van der Waals surface area (Å²) in [4.78, 5) is 59.3. The van der Waals surface area contributed by atoms with Gasteiger partial charge in [0.1, 0.15) is 6.04 Å². The van der Waals surface area contributed by atoms with Gasteiger partial charge in [0.2, 0.25) is 11.8 Å². The zero-order valence-corrected chi connectivity index (χ0v) is 11.2. The lowest BCUT2D eigenvalue weighted by Gasteiger charge is -2.27. The van der Waals surface area contributed by atoms with Crippen molar-refractivity contribution in [1.29, 1.82) is 0 Å². The van der Waals surface area contributed by atoms with Gasteiger partial charge in [0.05, 0.1) is 16.8 Å². The number of piperidine rings is 1. The van der Waals surface area contributed by atoms with E-state index in [1.807, 2.05) is 0 Å². The molecule has 0 bridgehead atoms. The summed E-state index contributed by atoms with van der Waals surface area (Å²) >= 11 is 0. The van der Waals surface area contributed by atoms with Crippen LogP contribution >= 0.6 is 0 Å². The highest BCUT2D eigenvalue weighted by Crippen LogP contribution is 2.31. The summed E-state index contributed by atoms with van der Waals surface area (Å²) in [5.41, 5.74) is 0.288. The minimum atomic E-state index is -1.03. The standard InChI is InChI=1S/C14H10N3O5/c18-6-15-8-3-1-2-7-11(8)14(22)17(13(7)21)9-4-5-10(19)16-12(9)20/h1-3,9H,4-5H2,(H,15,18)(H,16,19,20). The van der Waals surface area contributed by atoms with Crippen molar-refractivity contribution in [2.24, 2.45) is 0 Å². The molecule has 8 heteroatoms. The molecule has 2 N–H and O–H groups in total. The van der Waals surface area contributed by atoms with E-state index >= 15 is 0 Å². The van der Waals surface area contributed by atoms with Crippen molar-refractivity contribution in [3.8, 4) is 0 Å². The summed E-state index contributed by atoms with van der Waals surface area (Å²) in [6.45, 7) is 0. The van der Waals surface area contributed by atoms with E-state index in [-0.39, 0.29) is 29.7 Å². The predicted molar refractivity (Wildman–Crippen MR) is 72.4 cm³/mol. The van der Waals surface area contributed by atoms with Crippen molar-refractivity contribution in [1.82, 2.24) is 10.2 Å². The first-order valence-electron chi connectivity index (χ1n) is 6.52. The van der Waals surface area contributed by atoms with Crippen LogP contribution in [0.3, 0.4) is 0 Å². The number of nitrogens with zero attached hydrogens (tertiary/aromatic N) is 1. The lowest BCUT2D eigenvalue weighted by Crippen LogP contribution is -2.54. The molecule has 1 atom stereocenters. The van der Waals surface area contributed by atoms with Crippen LogP contribution in [0.1, 0.15) is 33.6 Å². The maximum atomic E-state index is 12.5. The Morgan fingerprint density at radius 2 is 1.95 bits per heavy atom. The van der Waals surface area contributed by atoms with E-state index in [1.54, 1.807) is 0 Å². The third kappa shape index (κ3) is 1.96. The number of amides is 5. The predicted octanol–water partition coefficient (Wildman–Crippen LogP) is -0.433. The maximum absolute atomic E-state index is 12.5. The van der Waals surface area contributed by atoms with Gasteiger partial charge in [-0.3, -0.25) is 34.2 Å². The molecule has 1 aromatic carbocycles. The van der Waals surface area contributed by atoms with E-state index in [4.69, 9.17) is 0 Å². The number of fused-ring (bicyclic) bond motifs is 1. The molecular weight excluding hydrogens is 290 g/mol. The fourth-order valence-electron chi connectivity index (χ4n) is 2.67. The first-order chi connectivity index (χ1) is 10.5. The molecule has 1 unspecified atom stereocenters. The third-order valence-electron chi connectivity index (χ3n) is 3.65. The van der Waals surface area contributed by atoms with Crippen molar-refractivity contribution < 1.29 is 24.0 Å². The maximum Gasteiger partial charge on any atom is 0.314 e. The number of carbonyl (C=O) groups is 4. The molecule has 8 nitrogen and oxygen atoms in total. The van der Waals surface area contributed by atoms with E-state index < -0.39 is 29.7 Å². The molecule has 111 valence electrons. The van der Waals surface area contributed by atoms with Crippen LogP contribution in [0, 0.1) is 0 Å². The molecule has 0 saturated carbocycles. The van der Waals surface area contributed by atoms with Gasteiger partial charge >= 0.3 is 6.41 Å². The van der Waals surface area contributed by atoms with Gasteiger partial charge in [0.15, 0.2) is 0 Å². The van der Waals surface area contributed by atoms with Gasteiger partial charge < -0.3 is 5.32 Å². The Hall–Kier alpha value is -3.03. The number of imide groups is 2. The van der Waals surface area contributed by atoms with Crippen molar-refractivity contribution in [2.45, 2.75) is 18.9 Å². The SMILES string of the molecule is O=[C]Nc1cccc2c1C(=O)N(C1CCC(=O)NC1=O)C2=O. The summed E-state index contributed by atoms with van der Waals surface area (Å²) in [7, 11) is 0. The number of hydrogen-bond acceptors (Lipinski definition) is 5. The van der Waals surface area contributed by atoms with Crippen LogP contribution in [0.15, 0.2) is 18.2 Å². The van der Waals surface area contributed by atoms with Crippen molar-refractivity contribution in [3.63, 3.8) is 0 Å². The topological polar surface area (TPSA) is 113 Å². The lowest BCUT2D eigenvalue weighted by atomic mass is 10.0. The van der Waals surface area contributed by atoms with Crippen molar-refractivity contribution in [3.05, 3.63) is 29.3 Å². The molecule has 2 aliphatic rings. The molecule has 1 aromatic rings. The second kappa shape index (κ2) is 5.06. The average molecular weight is 300 g/mol. The molecule has 1 radical (unpaired) electrons. The molecule has 5 amide bonds. The highest BCUT2D eigenvalue weighted by molar-refractivity contribution is 6.25. The van der Waals surface area contributed by atoms with E-state index in [1.165, 1.54) is 24.6 Å². The first kappa shape index (κ1) is 13.9. The third-order valence-corrected chi connectivity index (χ3v) is 3.65. The number of anilines is 1. The average Bonchev–Trinajstić information content (AvgIpc) is 2.73. The summed E-state index contributed by atoms with van der Waals surface area (Å²) in [5.74, 6) is -2.41. The minimum Gasteiger partial charge on any atom is -0.317 e. The molecular formula is C14H10N3O5. The quantitative estimate of drug-likeness (QED) is 0.581. The number of hydrogen-bond donors (Lipinski definition) is 2. The summed E-state index contributed by atoms with van der Waals surface area (Å²) in [5, 5.41) is 4.35. The normalized spacial score (nSPS) is 20.7. The Morgan fingerprint density at radius 3 is 2.64 bits per heavy atom. The summed E-state index contributed by atoms with van der Waals surface area (Å²) < 4.78 is 0. The fourth-order valence-corrected chi connectivity index (χ4v) is 2.67. The Balaban J connectivity index is 2.00. The zero-order chi connectivity index (χ0) is 15.9. The van der Waals surface area contributed by atoms with Crippen LogP contribution in [-0.2, 0) is 14.4 Å². The first-order valence-corrected chi connectivity index (χ1v) is 6.52. The Kier molecular flexibility index (Phi) is 3.21. The van der Waals surface area contributed by atoms with Gasteiger partial charge in [-0.25, -0.2) is 0 Å². The van der Waals surface area contributed by atoms with Crippen LogP contribution in [0.4, 0.5) is 5.69 Å². The second-order valence-electron chi connectivity index (χ2n) is 4.90. The molecule has 1 saturated heterocycles. The Labute approximate surface area is 124 Å². The molecule has 3 rings (SSSR count). The molecule has 2 aliphatic heterocycles. The largest absolute Gasteiger partial charge is 0.317 e. The summed E-state index contributed by atoms with van der Waals surface area (Å²) in [6, 6.07) is 3.39. The van der Waals surface area contributed by atoms with Gasteiger partial charge in [-0.1, -0.05) is 6.07 Å². The van der Waals surface area contributed by atoms with Crippen LogP contribution in [-0.4, -0.2) is 41.0 Å². The van der Waals surface area contributed by atoms with Crippen molar-refractivity contribution in [2.75, 3.05) is 5.32 Å². The van der Waals surface area contributed by atoms with Crippen LogP contribution in [0.25, 0.3) is 0 Å². The highest BCUT2D eigenvalue weighted by atomic mass is 16.2. The van der Waals surface area contributed by atoms with Crippen LogP contribution in [0.5, 0.6) is 0 Å². The minimum absolute atomic E-state index is 0.0283. The van der Waals surface area contributed by atoms with Crippen molar-refractivity contribution >= 4 is 35.7 Å². The van der Waals surface area contributed by atoms with Gasteiger partial charge in [-0.05, 0) is 18.6 Å². The zero-order valence-electron chi connectivity index (χ0n) is 11.2. The molecule has 1 fully saturated rings. The Bertz CT molecular complexity index is 727. The van der Waals surface area contributed by atoms with Gasteiger partial charge in [0.25, 0.3) is 11.8 Å². The van der Waals surface area contributed by atoms with E-state index in [0.29, 0.717) is 0 Å². The number of benzene rings is 1. The number of carbonyl (C=O) groups excluding carboxylic acids is 5. The monoisotopic (exact) mass is 300 g/mol. The van der Waals surface area contributed by atoms with Gasteiger partial charge in [-0.15, -0.1) is 0 Å². The van der Waals surface area contributed by atoms with Gasteiger partial charge in [-0.2, -0.15) is 0 Å². The smallest absolute Gasteiger partial charge is 0.314 e. The number of nitrogens with one attached hydrogen (secondary N) is 2. The van der Waals surface area contributed by atoms with Crippen LogP contribution in [0.2, 0.25) is 0 Å². The number of rotatable bonds is 3. The molecule has 22 heavy (non-hydrogen) atoms. The Morgan fingerprint density at radius 1 is 1.18 bits per heavy atom. The van der Waals surface area contributed by atoms with E-state index in [2.05, 4.69) is 10.6 Å². The molecule has 2 heterocycles. The van der Waals surface area contributed by atoms with E-state index in [9.17, 15) is 24.0 Å². The molecule has 0 aromatic heterocycles. The summed E-state index contributed by atoms with van der Waals surface area (Å²) in [6.07, 6.45) is 1.59. The molecule has 0 spiro atoms. The highest BCUT2D eigenvalue weighted by Gasteiger charge is 2.45.